The van der Waals surface area contributed by atoms with E-state index in [1.807, 2.05) is 41.1 Å². The van der Waals surface area contributed by atoms with Crippen LogP contribution >= 0.6 is 22.7 Å². The van der Waals surface area contributed by atoms with Crippen LogP contribution in [0.1, 0.15) is 10.7 Å². The van der Waals surface area contributed by atoms with Crippen LogP contribution in [0.3, 0.4) is 0 Å². The number of rotatable bonds is 4. The van der Waals surface area contributed by atoms with Crippen molar-refractivity contribution in [2.75, 3.05) is 0 Å². The maximum atomic E-state index is 13.1. The minimum absolute atomic E-state index is 0.278. The van der Waals surface area contributed by atoms with Crippen molar-refractivity contribution < 1.29 is 4.39 Å². The third-order valence-electron chi connectivity index (χ3n) is 3.83. The first-order valence-corrected chi connectivity index (χ1v) is 9.83. The standard InChI is InChI=1S/C21H12FN3S2/c22-17-8-6-15(7-9-17)20-24-18(12-26-20)10-16(11-23)21-25-19(13-27-21)14-4-2-1-3-5-14/h1-10,12-13H/b16-10+. The van der Waals surface area contributed by atoms with Crippen molar-refractivity contribution in [3.8, 4) is 27.9 Å². The van der Waals surface area contributed by atoms with Crippen LogP contribution in [-0.2, 0) is 0 Å². The first-order chi connectivity index (χ1) is 13.2. The summed E-state index contributed by atoms with van der Waals surface area (Å²) in [7, 11) is 0. The predicted octanol–water partition coefficient (Wildman–Crippen LogP) is 6.14. The molecule has 2 aromatic heterocycles. The van der Waals surface area contributed by atoms with E-state index < -0.39 is 0 Å². The summed E-state index contributed by atoms with van der Waals surface area (Å²) in [6.45, 7) is 0. The van der Waals surface area contributed by atoms with Crippen LogP contribution < -0.4 is 0 Å². The van der Waals surface area contributed by atoms with Crippen LogP contribution in [0, 0.1) is 17.1 Å². The highest BCUT2D eigenvalue weighted by Crippen LogP contribution is 2.29. The summed E-state index contributed by atoms with van der Waals surface area (Å²) in [5.41, 5.74) is 3.87. The molecule has 0 atom stereocenters. The fourth-order valence-electron chi connectivity index (χ4n) is 2.51. The van der Waals surface area contributed by atoms with Gasteiger partial charge in [0.2, 0.25) is 0 Å². The Balaban J connectivity index is 1.62. The van der Waals surface area contributed by atoms with Gasteiger partial charge >= 0.3 is 0 Å². The molecular weight excluding hydrogens is 377 g/mol. The van der Waals surface area contributed by atoms with E-state index in [0.717, 1.165) is 21.8 Å². The van der Waals surface area contributed by atoms with Gasteiger partial charge in [-0.3, -0.25) is 0 Å². The molecule has 0 unspecified atom stereocenters. The van der Waals surface area contributed by atoms with Crippen LogP contribution in [0.2, 0.25) is 0 Å². The first kappa shape index (κ1) is 17.3. The molecule has 0 bridgehead atoms. The van der Waals surface area contributed by atoms with Gasteiger partial charge < -0.3 is 0 Å². The number of thiazole rings is 2. The Morgan fingerprint density at radius 1 is 0.926 bits per heavy atom. The Bertz CT molecular complexity index is 1140. The largest absolute Gasteiger partial charge is 0.237 e. The molecule has 6 heteroatoms. The van der Waals surface area contributed by atoms with E-state index in [4.69, 9.17) is 0 Å². The second kappa shape index (κ2) is 7.62. The lowest BCUT2D eigenvalue weighted by molar-refractivity contribution is 0.628. The molecule has 27 heavy (non-hydrogen) atoms. The van der Waals surface area contributed by atoms with Crippen molar-refractivity contribution in [3.63, 3.8) is 0 Å². The maximum absolute atomic E-state index is 13.1. The SMILES string of the molecule is N#C/C(=C\c1csc(-c2ccc(F)cc2)n1)c1nc(-c2ccccc2)cs1. The third kappa shape index (κ3) is 3.85. The van der Waals surface area contributed by atoms with Gasteiger partial charge in [-0.15, -0.1) is 22.7 Å². The van der Waals surface area contributed by atoms with Gasteiger partial charge in [-0.05, 0) is 30.3 Å². The topological polar surface area (TPSA) is 49.6 Å². The average molecular weight is 389 g/mol. The number of halogens is 1. The zero-order valence-electron chi connectivity index (χ0n) is 14.0. The molecule has 0 saturated heterocycles. The molecule has 130 valence electrons. The van der Waals surface area contributed by atoms with Crippen LogP contribution in [0.5, 0.6) is 0 Å². The first-order valence-electron chi connectivity index (χ1n) is 8.07. The number of benzene rings is 2. The van der Waals surface area contributed by atoms with Gasteiger partial charge in [-0.2, -0.15) is 5.26 Å². The van der Waals surface area contributed by atoms with Crippen LogP contribution in [0.4, 0.5) is 4.39 Å². The molecule has 0 aliphatic carbocycles. The molecule has 0 saturated carbocycles. The molecule has 4 aromatic rings. The number of nitriles is 1. The Kier molecular flexibility index (Phi) is 4.88. The molecular formula is C21H12FN3S2. The molecule has 3 nitrogen and oxygen atoms in total. The number of hydrogen-bond acceptors (Lipinski definition) is 5. The molecule has 0 aliphatic heterocycles. The van der Waals surface area contributed by atoms with Crippen LogP contribution in [0.15, 0.2) is 65.4 Å². The van der Waals surface area contributed by atoms with E-state index in [0.29, 0.717) is 16.3 Å². The zero-order valence-corrected chi connectivity index (χ0v) is 15.6. The van der Waals surface area contributed by atoms with Gasteiger partial charge in [0.25, 0.3) is 0 Å². The van der Waals surface area contributed by atoms with E-state index in [1.165, 1.54) is 34.8 Å². The van der Waals surface area contributed by atoms with Gasteiger partial charge in [0.05, 0.1) is 17.0 Å². The van der Waals surface area contributed by atoms with Crippen molar-refractivity contribution in [3.05, 3.63) is 81.9 Å². The Morgan fingerprint density at radius 3 is 2.44 bits per heavy atom. The summed E-state index contributed by atoms with van der Waals surface area (Å²) in [5.74, 6) is -0.278. The van der Waals surface area contributed by atoms with Gasteiger partial charge in [0, 0.05) is 21.9 Å². The minimum atomic E-state index is -0.278. The Hall–Kier alpha value is -3.14. The lowest BCUT2D eigenvalue weighted by atomic mass is 10.2. The minimum Gasteiger partial charge on any atom is -0.237 e. The van der Waals surface area contributed by atoms with Gasteiger partial charge in [0.1, 0.15) is 21.9 Å². The Morgan fingerprint density at radius 2 is 1.70 bits per heavy atom. The molecule has 0 fully saturated rings. The van der Waals surface area contributed by atoms with Crippen molar-refractivity contribution in [2.45, 2.75) is 0 Å². The monoisotopic (exact) mass is 389 g/mol. The lowest BCUT2D eigenvalue weighted by Crippen LogP contribution is -1.83. The predicted molar refractivity (Wildman–Crippen MR) is 109 cm³/mol. The smallest absolute Gasteiger partial charge is 0.134 e. The highest BCUT2D eigenvalue weighted by molar-refractivity contribution is 7.13. The molecule has 0 aliphatic rings. The van der Waals surface area contributed by atoms with Crippen molar-refractivity contribution in [1.82, 2.24) is 9.97 Å². The quantitative estimate of drug-likeness (QED) is 0.394. The molecule has 2 aromatic carbocycles. The number of nitrogens with zero attached hydrogens (tertiary/aromatic N) is 3. The van der Waals surface area contributed by atoms with Gasteiger partial charge in [0.15, 0.2) is 0 Å². The lowest BCUT2D eigenvalue weighted by Gasteiger charge is -1.95. The molecule has 2 heterocycles. The summed E-state index contributed by atoms with van der Waals surface area (Å²) < 4.78 is 13.1. The van der Waals surface area contributed by atoms with E-state index >= 15 is 0 Å². The normalized spacial score (nSPS) is 11.3. The average Bonchev–Trinajstić information content (AvgIpc) is 3.37. The number of allylic oxidation sites excluding steroid dienone is 1. The summed E-state index contributed by atoms with van der Waals surface area (Å²) in [5, 5.41) is 14.8. The van der Waals surface area contributed by atoms with E-state index in [1.54, 1.807) is 18.2 Å². The second-order valence-corrected chi connectivity index (χ2v) is 7.37. The van der Waals surface area contributed by atoms with Gasteiger partial charge in [-0.25, -0.2) is 14.4 Å². The fourth-order valence-corrected chi connectivity index (χ4v) is 4.08. The number of hydrogen-bond donors (Lipinski definition) is 0. The highest BCUT2D eigenvalue weighted by atomic mass is 32.1. The summed E-state index contributed by atoms with van der Waals surface area (Å²) in [6.07, 6.45) is 1.73. The summed E-state index contributed by atoms with van der Waals surface area (Å²) in [4.78, 5) is 9.12. The molecule has 4 rings (SSSR count). The Labute approximate surface area is 163 Å². The van der Waals surface area contributed by atoms with E-state index in [9.17, 15) is 9.65 Å². The second-order valence-electron chi connectivity index (χ2n) is 5.66. The third-order valence-corrected chi connectivity index (χ3v) is 5.62. The maximum Gasteiger partial charge on any atom is 0.134 e. The van der Waals surface area contributed by atoms with Crippen LogP contribution in [-0.4, -0.2) is 9.97 Å². The fraction of sp³-hybridized carbons (Fsp3) is 0. The summed E-state index contributed by atoms with van der Waals surface area (Å²) >= 11 is 2.89. The van der Waals surface area contributed by atoms with E-state index in [2.05, 4.69) is 16.0 Å². The van der Waals surface area contributed by atoms with Crippen molar-refractivity contribution >= 4 is 34.3 Å². The molecule has 0 N–H and O–H groups in total. The van der Waals surface area contributed by atoms with E-state index in [-0.39, 0.29) is 5.82 Å². The molecule has 0 amide bonds. The van der Waals surface area contributed by atoms with Crippen molar-refractivity contribution in [2.24, 2.45) is 0 Å². The van der Waals surface area contributed by atoms with Gasteiger partial charge in [-0.1, -0.05) is 30.3 Å². The molecule has 0 radical (unpaired) electrons. The zero-order chi connectivity index (χ0) is 18.6. The van der Waals surface area contributed by atoms with Crippen molar-refractivity contribution in [1.29, 1.82) is 5.26 Å². The highest BCUT2D eigenvalue weighted by Gasteiger charge is 2.10. The number of aromatic nitrogens is 2. The van der Waals surface area contributed by atoms with Crippen LogP contribution in [0.25, 0.3) is 33.5 Å². The summed E-state index contributed by atoms with van der Waals surface area (Å²) in [6, 6.07) is 18.3. The molecule has 0 spiro atoms.